The topological polar surface area (TPSA) is 116 Å². The third-order valence-electron chi connectivity index (χ3n) is 5.89. The van der Waals surface area contributed by atoms with Crippen molar-refractivity contribution in [2.24, 2.45) is 0 Å². The maximum atomic E-state index is 13.1. The van der Waals surface area contributed by atoms with Gasteiger partial charge in [-0.25, -0.2) is 13.2 Å². The fourth-order valence-electron chi connectivity index (χ4n) is 4.01. The number of nitrogens with zero attached hydrogens (tertiary/aromatic N) is 2. The number of sulfonamides is 1. The molecule has 0 aliphatic carbocycles. The van der Waals surface area contributed by atoms with Crippen LogP contribution in [0.2, 0.25) is 5.02 Å². The molecule has 2 aliphatic heterocycles. The molecule has 0 saturated carbocycles. The second-order valence-corrected chi connectivity index (χ2v) is 11.5. The lowest BCUT2D eigenvalue weighted by Crippen LogP contribution is -2.42. The van der Waals surface area contributed by atoms with Gasteiger partial charge in [-0.05, 0) is 55.7 Å². The van der Waals surface area contributed by atoms with Gasteiger partial charge in [0.05, 0.1) is 15.6 Å². The van der Waals surface area contributed by atoms with E-state index in [0.29, 0.717) is 18.7 Å². The molecule has 2 aliphatic rings. The number of carbonyl (C=O) groups is 3. The predicted molar refractivity (Wildman–Crippen MR) is 130 cm³/mol. The molecule has 2 aromatic rings. The Morgan fingerprint density at radius 2 is 1.88 bits per heavy atom. The zero-order chi connectivity index (χ0) is 24.7. The van der Waals surface area contributed by atoms with Gasteiger partial charge in [0.15, 0.2) is 0 Å². The number of halogens is 2. The summed E-state index contributed by atoms with van der Waals surface area (Å²) in [5.74, 6) is -1.28. The summed E-state index contributed by atoms with van der Waals surface area (Å²) in [5, 5.41) is 5.29. The molecule has 180 valence electrons. The summed E-state index contributed by atoms with van der Waals surface area (Å²) >= 11 is 9.53. The summed E-state index contributed by atoms with van der Waals surface area (Å²) in [6.45, 7) is 1.88. The molecule has 4 rings (SSSR count). The number of hydrogen-bond donors (Lipinski definition) is 2. The van der Waals surface area contributed by atoms with Crippen LogP contribution >= 0.6 is 27.5 Å². The van der Waals surface area contributed by atoms with Gasteiger partial charge >= 0.3 is 6.03 Å². The van der Waals surface area contributed by atoms with Crippen LogP contribution in [0.25, 0.3) is 0 Å². The third kappa shape index (κ3) is 4.57. The molecule has 2 heterocycles. The van der Waals surface area contributed by atoms with Crippen LogP contribution in [0.15, 0.2) is 51.8 Å². The molecule has 4 amide bonds. The van der Waals surface area contributed by atoms with E-state index in [-0.39, 0.29) is 15.6 Å². The van der Waals surface area contributed by atoms with E-state index in [1.54, 1.807) is 31.2 Å². The number of anilines is 1. The molecule has 2 aromatic carbocycles. The van der Waals surface area contributed by atoms with Gasteiger partial charge < -0.3 is 10.6 Å². The number of benzene rings is 2. The molecule has 2 saturated heterocycles. The fourth-order valence-corrected chi connectivity index (χ4v) is 6.12. The molecule has 9 nitrogen and oxygen atoms in total. The second-order valence-electron chi connectivity index (χ2n) is 8.26. The quantitative estimate of drug-likeness (QED) is 0.518. The molecule has 12 heteroatoms. The Balaban J connectivity index is 1.51. The SMILES string of the molecule is C[C@]1(c2cccc(Br)c2)NC(=O)N(CC(=O)Nc2cc(S(=O)(=O)N3CCCC3)ccc2Cl)C1=O. The first-order valence-electron chi connectivity index (χ1n) is 10.5. The van der Waals surface area contributed by atoms with E-state index < -0.39 is 40.0 Å². The van der Waals surface area contributed by atoms with Crippen LogP contribution < -0.4 is 10.6 Å². The van der Waals surface area contributed by atoms with Gasteiger partial charge in [0.2, 0.25) is 15.9 Å². The van der Waals surface area contributed by atoms with Crippen LogP contribution in [0.1, 0.15) is 25.3 Å². The lowest BCUT2D eigenvalue weighted by atomic mass is 9.92. The maximum absolute atomic E-state index is 13.1. The molecule has 0 aromatic heterocycles. The molecule has 0 radical (unpaired) electrons. The molecule has 1 atom stereocenters. The molecule has 0 unspecified atom stereocenters. The standard InChI is InChI=1S/C22H22BrClN4O5S/c1-22(14-5-4-6-15(23)11-14)20(30)28(21(31)26-22)13-19(29)25-18-12-16(7-8-17(18)24)34(32,33)27-9-2-3-10-27/h4-8,11-12H,2-3,9-10,13H2,1H3,(H,25,29)(H,26,31)/t22-/m1/s1. The fraction of sp³-hybridized carbons (Fsp3) is 0.318. The first kappa shape index (κ1) is 24.6. The minimum atomic E-state index is -3.71. The molecule has 0 bridgehead atoms. The maximum Gasteiger partial charge on any atom is 0.325 e. The second kappa shape index (κ2) is 9.29. The van der Waals surface area contributed by atoms with E-state index in [4.69, 9.17) is 11.6 Å². The van der Waals surface area contributed by atoms with Crippen LogP contribution in [0.4, 0.5) is 10.5 Å². The van der Waals surface area contributed by atoms with Crippen LogP contribution in [-0.4, -0.2) is 55.1 Å². The van der Waals surface area contributed by atoms with Crippen molar-refractivity contribution in [2.75, 3.05) is 25.0 Å². The number of urea groups is 1. The van der Waals surface area contributed by atoms with Crippen molar-refractivity contribution in [3.05, 3.63) is 57.5 Å². The molecular formula is C22H22BrClN4O5S. The zero-order valence-electron chi connectivity index (χ0n) is 18.2. The van der Waals surface area contributed by atoms with E-state index in [0.717, 1.165) is 22.2 Å². The zero-order valence-corrected chi connectivity index (χ0v) is 21.3. The molecular weight excluding hydrogens is 548 g/mol. The van der Waals surface area contributed by atoms with Crippen molar-refractivity contribution in [3.63, 3.8) is 0 Å². The largest absolute Gasteiger partial charge is 0.325 e. The van der Waals surface area contributed by atoms with Gasteiger partial charge in [-0.3, -0.25) is 14.5 Å². The Hall–Kier alpha value is -2.47. The van der Waals surface area contributed by atoms with Gasteiger partial charge in [0.25, 0.3) is 5.91 Å². The van der Waals surface area contributed by atoms with Crippen molar-refractivity contribution in [3.8, 4) is 0 Å². The number of hydrogen-bond acceptors (Lipinski definition) is 5. The lowest BCUT2D eigenvalue weighted by molar-refractivity contribution is -0.133. The van der Waals surface area contributed by atoms with Crippen LogP contribution in [-0.2, 0) is 25.2 Å². The summed E-state index contributed by atoms with van der Waals surface area (Å²) in [4.78, 5) is 39.2. The van der Waals surface area contributed by atoms with Gasteiger partial charge in [-0.1, -0.05) is 39.7 Å². The van der Waals surface area contributed by atoms with E-state index in [1.807, 2.05) is 0 Å². The number of rotatable bonds is 6. The minimum Gasteiger partial charge on any atom is -0.323 e. The number of carbonyl (C=O) groups excluding carboxylic acids is 3. The predicted octanol–water partition coefficient (Wildman–Crippen LogP) is 3.29. The number of amides is 4. The van der Waals surface area contributed by atoms with Crippen molar-refractivity contribution >= 4 is 61.1 Å². The van der Waals surface area contributed by atoms with E-state index >= 15 is 0 Å². The summed E-state index contributed by atoms with van der Waals surface area (Å²) in [6.07, 6.45) is 1.59. The summed E-state index contributed by atoms with van der Waals surface area (Å²) in [7, 11) is -3.71. The van der Waals surface area contributed by atoms with Crippen molar-refractivity contribution in [1.29, 1.82) is 0 Å². The highest BCUT2D eigenvalue weighted by Gasteiger charge is 2.49. The minimum absolute atomic E-state index is 0.00585. The third-order valence-corrected chi connectivity index (χ3v) is 8.61. The lowest BCUT2D eigenvalue weighted by Gasteiger charge is -2.22. The van der Waals surface area contributed by atoms with Gasteiger partial charge in [-0.15, -0.1) is 0 Å². The Morgan fingerprint density at radius 3 is 2.56 bits per heavy atom. The van der Waals surface area contributed by atoms with Crippen LogP contribution in [0.5, 0.6) is 0 Å². The van der Waals surface area contributed by atoms with Gasteiger partial charge in [-0.2, -0.15) is 4.31 Å². The molecule has 2 fully saturated rings. The van der Waals surface area contributed by atoms with E-state index in [9.17, 15) is 22.8 Å². The van der Waals surface area contributed by atoms with Crippen LogP contribution in [0, 0.1) is 0 Å². The Bertz CT molecular complexity index is 1280. The van der Waals surface area contributed by atoms with Crippen molar-refractivity contribution in [1.82, 2.24) is 14.5 Å². The summed E-state index contributed by atoms with van der Waals surface area (Å²) < 4.78 is 27.8. The van der Waals surface area contributed by atoms with E-state index in [2.05, 4.69) is 26.6 Å². The summed E-state index contributed by atoms with van der Waals surface area (Å²) in [5.41, 5.74) is -0.692. The highest BCUT2D eigenvalue weighted by Crippen LogP contribution is 2.31. The van der Waals surface area contributed by atoms with E-state index in [1.165, 1.54) is 22.5 Å². The van der Waals surface area contributed by atoms with Crippen molar-refractivity contribution < 1.29 is 22.8 Å². The average Bonchev–Trinajstić information content (AvgIpc) is 3.40. The summed E-state index contributed by atoms with van der Waals surface area (Å²) in [6, 6.07) is 10.3. The first-order valence-corrected chi connectivity index (χ1v) is 13.1. The van der Waals surface area contributed by atoms with Gasteiger partial charge in [0, 0.05) is 17.6 Å². The Labute approximate surface area is 210 Å². The van der Waals surface area contributed by atoms with Crippen molar-refractivity contribution in [2.45, 2.75) is 30.2 Å². The number of imide groups is 1. The Kier molecular flexibility index (Phi) is 6.74. The Morgan fingerprint density at radius 1 is 1.18 bits per heavy atom. The van der Waals surface area contributed by atoms with Crippen LogP contribution in [0.3, 0.4) is 0 Å². The molecule has 2 N–H and O–H groups in total. The van der Waals surface area contributed by atoms with Gasteiger partial charge in [0.1, 0.15) is 12.1 Å². The molecule has 34 heavy (non-hydrogen) atoms. The highest BCUT2D eigenvalue weighted by molar-refractivity contribution is 9.10. The number of nitrogens with one attached hydrogen (secondary N) is 2. The molecule has 0 spiro atoms. The normalized spacial score (nSPS) is 21.1. The highest BCUT2D eigenvalue weighted by atomic mass is 79.9. The smallest absolute Gasteiger partial charge is 0.323 e. The average molecular weight is 570 g/mol. The monoisotopic (exact) mass is 568 g/mol. The first-order chi connectivity index (χ1) is 16.0.